The zero-order valence-corrected chi connectivity index (χ0v) is 12.2. The molecule has 0 amide bonds. The Balaban J connectivity index is 2.32. The fraction of sp³-hybridized carbons (Fsp3) is 0.250. The van der Waals surface area contributed by atoms with E-state index in [1.807, 2.05) is 0 Å². The van der Waals surface area contributed by atoms with Crippen LogP contribution in [-0.4, -0.2) is 30.2 Å². The van der Waals surface area contributed by atoms with E-state index in [0.717, 1.165) is 6.26 Å². The summed E-state index contributed by atoms with van der Waals surface area (Å²) in [6.07, 6.45) is 2.68. The summed E-state index contributed by atoms with van der Waals surface area (Å²) in [5.41, 5.74) is 7.10. The van der Waals surface area contributed by atoms with Gasteiger partial charge in [-0.2, -0.15) is 5.10 Å². The van der Waals surface area contributed by atoms with Crippen LogP contribution in [0.1, 0.15) is 0 Å². The molecule has 1 aromatic heterocycles. The van der Waals surface area contributed by atoms with Gasteiger partial charge in [-0.25, -0.2) is 12.8 Å². The van der Waals surface area contributed by atoms with E-state index < -0.39 is 15.7 Å². The van der Waals surface area contributed by atoms with Crippen LogP contribution in [0.25, 0.3) is 11.3 Å². The minimum Gasteiger partial charge on any atom is -0.396 e. The summed E-state index contributed by atoms with van der Waals surface area (Å²) < 4.78 is 36.7. The molecule has 0 radical (unpaired) electrons. The molecule has 2 rings (SSSR count). The smallest absolute Gasteiger partial charge is 0.149 e. The molecule has 5 nitrogen and oxygen atoms in total. The van der Waals surface area contributed by atoms with E-state index in [1.165, 1.54) is 29.1 Å². The van der Waals surface area contributed by atoms with Gasteiger partial charge in [-0.1, -0.05) is 11.6 Å². The number of nitrogens with zero attached hydrogens (tertiary/aromatic N) is 2. The second-order valence-electron chi connectivity index (χ2n) is 4.45. The molecule has 0 saturated heterocycles. The third kappa shape index (κ3) is 3.49. The third-order valence-electron chi connectivity index (χ3n) is 2.67. The van der Waals surface area contributed by atoms with Crippen molar-refractivity contribution in [2.45, 2.75) is 6.54 Å². The molecule has 2 aromatic rings. The highest BCUT2D eigenvalue weighted by molar-refractivity contribution is 7.90. The van der Waals surface area contributed by atoms with Crippen molar-refractivity contribution in [2.24, 2.45) is 0 Å². The molecule has 1 heterocycles. The predicted molar refractivity (Wildman–Crippen MR) is 76.8 cm³/mol. The molecule has 2 N–H and O–H groups in total. The van der Waals surface area contributed by atoms with E-state index in [1.54, 1.807) is 0 Å². The van der Waals surface area contributed by atoms with Crippen molar-refractivity contribution in [1.82, 2.24) is 9.78 Å². The maximum absolute atomic E-state index is 13.0. The first-order chi connectivity index (χ1) is 9.26. The van der Waals surface area contributed by atoms with Crippen molar-refractivity contribution in [1.29, 1.82) is 0 Å². The summed E-state index contributed by atoms with van der Waals surface area (Å²) in [4.78, 5) is 0. The van der Waals surface area contributed by atoms with Crippen molar-refractivity contribution < 1.29 is 12.8 Å². The van der Waals surface area contributed by atoms with Gasteiger partial charge in [-0.15, -0.1) is 0 Å². The minimum absolute atomic E-state index is 0.0370. The first-order valence-corrected chi connectivity index (χ1v) is 8.16. The molecule has 8 heteroatoms. The molecule has 0 aliphatic heterocycles. The van der Waals surface area contributed by atoms with Crippen molar-refractivity contribution in [3.63, 3.8) is 0 Å². The van der Waals surface area contributed by atoms with Crippen LogP contribution in [0.5, 0.6) is 0 Å². The van der Waals surface area contributed by atoms with E-state index in [4.69, 9.17) is 17.3 Å². The van der Waals surface area contributed by atoms with E-state index in [9.17, 15) is 12.8 Å². The molecular weight excluding hydrogens is 305 g/mol. The number of rotatable bonds is 4. The van der Waals surface area contributed by atoms with Crippen LogP contribution in [-0.2, 0) is 16.4 Å². The Labute approximate surface area is 121 Å². The second-order valence-corrected chi connectivity index (χ2v) is 7.12. The van der Waals surface area contributed by atoms with E-state index in [-0.39, 0.29) is 17.3 Å². The van der Waals surface area contributed by atoms with Gasteiger partial charge in [-0.05, 0) is 18.2 Å². The van der Waals surface area contributed by atoms with Gasteiger partial charge in [-0.3, -0.25) is 4.68 Å². The average molecular weight is 318 g/mol. The highest BCUT2D eigenvalue weighted by Crippen LogP contribution is 2.31. The van der Waals surface area contributed by atoms with Crippen LogP contribution in [0.15, 0.2) is 24.4 Å². The Kier molecular flexibility index (Phi) is 4.01. The summed E-state index contributed by atoms with van der Waals surface area (Å²) in [7, 11) is -3.08. The van der Waals surface area contributed by atoms with E-state index in [0.29, 0.717) is 16.9 Å². The maximum atomic E-state index is 13.0. The lowest BCUT2D eigenvalue weighted by atomic mass is 10.1. The number of anilines is 1. The Hall–Kier alpha value is -1.60. The Morgan fingerprint density at radius 3 is 2.75 bits per heavy atom. The second kappa shape index (κ2) is 5.41. The van der Waals surface area contributed by atoms with Gasteiger partial charge in [0.1, 0.15) is 21.3 Å². The average Bonchev–Trinajstić information content (AvgIpc) is 2.67. The first-order valence-electron chi connectivity index (χ1n) is 5.72. The quantitative estimate of drug-likeness (QED) is 0.935. The van der Waals surface area contributed by atoms with Crippen LogP contribution in [0.2, 0.25) is 5.02 Å². The number of nitrogen functional groups attached to an aromatic ring is 1. The van der Waals surface area contributed by atoms with Crippen molar-refractivity contribution in [3.05, 3.63) is 35.2 Å². The van der Waals surface area contributed by atoms with Crippen LogP contribution in [0.4, 0.5) is 10.1 Å². The van der Waals surface area contributed by atoms with Crippen molar-refractivity contribution >= 4 is 27.1 Å². The third-order valence-corrected chi connectivity index (χ3v) is 3.90. The number of hydrogen-bond donors (Lipinski definition) is 1. The molecule has 0 aliphatic carbocycles. The lowest BCUT2D eigenvalue weighted by Crippen LogP contribution is -2.11. The molecule has 0 atom stereocenters. The standard InChI is InChI=1S/C12H13ClFN3O2S/c1-20(18,19)5-4-17-7-11(15)12(16-17)9-3-2-8(14)6-10(9)13/h2-3,6-7H,4-5,15H2,1H3. The number of benzene rings is 1. The molecule has 1 aromatic carbocycles. The minimum atomic E-state index is -3.08. The number of aromatic nitrogens is 2. The molecule has 20 heavy (non-hydrogen) atoms. The summed E-state index contributed by atoms with van der Waals surface area (Å²) in [5, 5.41) is 4.39. The summed E-state index contributed by atoms with van der Waals surface area (Å²) in [5.74, 6) is -0.487. The Bertz CT molecular complexity index is 743. The zero-order valence-electron chi connectivity index (χ0n) is 10.7. The van der Waals surface area contributed by atoms with Gasteiger partial charge in [0.05, 0.1) is 23.0 Å². The van der Waals surface area contributed by atoms with E-state index >= 15 is 0 Å². The summed E-state index contributed by atoms with van der Waals surface area (Å²) in [6.45, 7) is 0.196. The highest BCUT2D eigenvalue weighted by Gasteiger charge is 2.13. The van der Waals surface area contributed by atoms with Gasteiger partial charge in [0, 0.05) is 18.0 Å². The van der Waals surface area contributed by atoms with Gasteiger partial charge in [0.25, 0.3) is 0 Å². The predicted octanol–water partition coefficient (Wildman–Crippen LogP) is 1.97. The zero-order chi connectivity index (χ0) is 14.9. The van der Waals surface area contributed by atoms with Crippen LogP contribution < -0.4 is 5.73 Å². The fourth-order valence-corrected chi connectivity index (χ4v) is 2.48. The van der Waals surface area contributed by atoms with Crippen LogP contribution >= 0.6 is 11.6 Å². The van der Waals surface area contributed by atoms with Crippen molar-refractivity contribution in [2.75, 3.05) is 17.7 Å². The number of sulfone groups is 1. The van der Waals surface area contributed by atoms with E-state index in [2.05, 4.69) is 5.10 Å². The molecule has 108 valence electrons. The fourth-order valence-electron chi connectivity index (χ4n) is 1.70. The Morgan fingerprint density at radius 1 is 1.45 bits per heavy atom. The summed E-state index contributed by atoms with van der Waals surface area (Å²) >= 11 is 5.95. The number of aryl methyl sites for hydroxylation is 1. The topological polar surface area (TPSA) is 78.0 Å². The normalized spacial score (nSPS) is 11.8. The highest BCUT2D eigenvalue weighted by atomic mass is 35.5. The molecule has 0 fully saturated rings. The molecule has 0 aliphatic rings. The number of halogens is 2. The Morgan fingerprint density at radius 2 is 2.15 bits per heavy atom. The molecule has 0 spiro atoms. The summed E-state index contributed by atoms with van der Waals surface area (Å²) in [6, 6.07) is 3.92. The number of hydrogen-bond acceptors (Lipinski definition) is 4. The first kappa shape index (κ1) is 14.8. The number of nitrogens with two attached hydrogens (primary N) is 1. The van der Waals surface area contributed by atoms with Crippen molar-refractivity contribution in [3.8, 4) is 11.3 Å². The molecule has 0 saturated carbocycles. The SMILES string of the molecule is CS(=O)(=O)CCn1cc(N)c(-c2ccc(F)cc2Cl)n1. The molecular formula is C12H13ClFN3O2S. The lowest BCUT2D eigenvalue weighted by Gasteiger charge is -2.02. The largest absolute Gasteiger partial charge is 0.396 e. The van der Waals surface area contributed by atoms with Gasteiger partial charge in [0.15, 0.2) is 0 Å². The van der Waals surface area contributed by atoms with Gasteiger partial charge >= 0.3 is 0 Å². The van der Waals surface area contributed by atoms with Crippen LogP contribution in [0.3, 0.4) is 0 Å². The van der Waals surface area contributed by atoms with Crippen LogP contribution in [0, 0.1) is 5.82 Å². The molecule has 0 unspecified atom stereocenters. The lowest BCUT2D eigenvalue weighted by molar-refractivity contribution is 0.586. The molecule has 0 bridgehead atoms. The van der Waals surface area contributed by atoms with Gasteiger partial charge in [0.2, 0.25) is 0 Å². The monoisotopic (exact) mass is 317 g/mol. The van der Waals surface area contributed by atoms with Gasteiger partial charge < -0.3 is 5.73 Å². The maximum Gasteiger partial charge on any atom is 0.149 e.